The quantitative estimate of drug-likeness (QED) is 0.0345. The van der Waals surface area contributed by atoms with Crippen molar-refractivity contribution in [3.63, 3.8) is 0 Å². The Morgan fingerprint density at radius 2 is 1.33 bits per heavy atom. The number of aliphatic imine (C=N–C) groups is 1. The van der Waals surface area contributed by atoms with Gasteiger partial charge in [0.05, 0.1) is 13.0 Å². The lowest BCUT2D eigenvalue weighted by Gasteiger charge is -2.31. The lowest BCUT2D eigenvalue weighted by molar-refractivity contribution is -0.142. The van der Waals surface area contributed by atoms with Crippen molar-refractivity contribution in [2.75, 3.05) is 31.1 Å². The lowest BCUT2D eigenvalue weighted by Crippen LogP contribution is -2.61. The van der Waals surface area contributed by atoms with Crippen molar-refractivity contribution in [2.24, 2.45) is 33.8 Å². The summed E-state index contributed by atoms with van der Waals surface area (Å²) in [5, 5.41) is 28.7. The molecule has 3 fully saturated rings. The molecule has 3 unspecified atom stereocenters. The Bertz CT molecular complexity index is 2390. The minimum absolute atomic E-state index is 0.00755. The van der Waals surface area contributed by atoms with Gasteiger partial charge in [-0.25, -0.2) is 0 Å². The molecule has 2 heterocycles. The van der Waals surface area contributed by atoms with E-state index in [2.05, 4.69) is 42.2 Å². The first kappa shape index (κ1) is 59.8. The molecule has 16 N–H and O–H groups in total. The normalized spacial score (nSPS) is 23.0. The van der Waals surface area contributed by atoms with Gasteiger partial charge in [-0.05, 0) is 61.3 Å². The number of carbonyl (C=O) groups excluding carboxylic acids is 10. The van der Waals surface area contributed by atoms with Crippen molar-refractivity contribution >= 4 is 86.6 Å². The van der Waals surface area contributed by atoms with Crippen molar-refractivity contribution in [3.8, 4) is 5.75 Å². The number of guanidine groups is 1. The number of nitrogens with one attached hydrogen (secondary N) is 7. The Balaban J connectivity index is 1.46. The van der Waals surface area contributed by atoms with E-state index in [1.807, 2.05) is 0 Å². The van der Waals surface area contributed by atoms with Crippen molar-refractivity contribution in [1.29, 1.82) is 0 Å². The Kier molecular flexibility index (Phi) is 24.0. The molecule has 0 spiro atoms. The van der Waals surface area contributed by atoms with Crippen LogP contribution in [-0.2, 0) is 60.8 Å². The van der Waals surface area contributed by atoms with Gasteiger partial charge in [0.15, 0.2) is 5.96 Å². The average molecular weight is 1090 g/mol. The minimum atomic E-state index is -1.64. The zero-order chi connectivity index (χ0) is 55.1. The molecule has 76 heavy (non-hydrogen) atoms. The Morgan fingerprint density at radius 1 is 0.711 bits per heavy atom. The smallest absolute Gasteiger partial charge is 0.246 e. The van der Waals surface area contributed by atoms with Crippen LogP contribution in [0, 0.1) is 5.92 Å². The van der Waals surface area contributed by atoms with Crippen LogP contribution in [0.1, 0.15) is 88.2 Å². The molecule has 0 radical (unpaired) electrons. The number of nitrogens with zero attached hydrogens (tertiary/aromatic N) is 2. The van der Waals surface area contributed by atoms with E-state index in [1.54, 1.807) is 42.5 Å². The highest BCUT2D eigenvalue weighted by molar-refractivity contribution is 8.76. The number of phenolic OH excluding ortho intramolecular Hbond substituents is 1. The molecule has 5 rings (SSSR count). The van der Waals surface area contributed by atoms with Gasteiger partial charge < -0.3 is 70.2 Å². The summed E-state index contributed by atoms with van der Waals surface area (Å²) in [6, 6.07) is 5.83. The number of phenols is 1. The summed E-state index contributed by atoms with van der Waals surface area (Å²) in [4.78, 5) is 143. The molecule has 10 amide bonds. The zero-order valence-corrected chi connectivity index (χ0v) is 43.9. The average Bonchev–Trinajstić information content (AvgIpc) is 3.88. The molecule has 2 aromatic carbocycles. The van der Waals surface area contributed by atoms with Gasteiger partial charge >= 0.3 is 0 Å². The topological polar surface area (TPSA) is 395 Å². The van der Waals surface area contributed by atoms with Crippen molar-refractivity contribution in [3.05, 3.63) is 65.7 Å². The molecular formula is C50H71N13O11S2. The monoisotopic (exact) mass is 1090 g/mol. The van der Waals surface area contributed by atoms with Crippen molar-refractivity contribution in [2.45, 2.75) is 132 Å². The van der Waals surface area contributed by atoms with Crippen LogP contribution in [0.25, 0.3) is 0 Å². The molecule has 2 aliphatic heterocycles. The Hall–Kier alpha value is -7.09. The van der Waals surface area contributed by atoms with Gasteiger partial charge in [-0.2, -0.15) is 0 Å². The van der Waals surface area contributed by atoms with E-state index in [4.69, 9.17) is 22.9 Å². The van der Waals surface area contributed by atoms with Gasteiger partial charge in [0.25, 0.3) is 0 Å². The second-order valence-electron chi connectivity index (χ2n) is 19.1. The summed E-state index contributed by atoms with van der Waals surface area (Å²) < 4.78 is 0. The molecule has 2 saturated heterocycles. The third-order valence-corrected chi connectivity index (χ3v) is 15.5. The molecule has 7 atom stereocenters. The van der Waals surface area contributed by atoms with Crippen LogP contribution in [0.2, 0.25) is 0 Å². The number of amides is 10. The van der Waals surface area contributed by atoms with E-state index in [9.17, 15) is 53.1 Å². The molecule has 1 saturated carbocycles. The van der Waals surface area contributed by atoms with Gasteiger partial charge in [-0.3, -0.25) is 52.9 Å². The zero-order valence-electron chi connectivity index (χ0n) is 42.3. The van der Waals surface area contributed by atoms with Gasteiger partial charge in [0.1, 0.15) is 48.0 Å². The highest BCUT2D eigenvalue weighted by Gasteiger charge is 2.41. The first-order valence-corrected chi connectivity index (χ1v) is 27.9. The van der Waals surface area contributed by atoms with E-state index in [0.717, 1.165) is 42.9 Å². The fourth-order valence-electron chi connectivity index (χ4n) is 9.22. The second-order valence-corrected chi connectivity index (χ2v) is 21.7. The SMILES string of the molecule is NC(=O)CNC(=O)[C@H](CCCN=C(N)N)NC(=O)[C@@H]1CCCN1C(=O)[C@@H]1CSSCCC(=O)NC(Cc2ccc(O)cc2)C(=O)NC(Cc2ccccc2)C(=O)N[C@@H](CC2CCCCC2)C(=O)NC(CC(N)=O)C(=O)N1. The number of likely N-dealkylation sites (tertiary alicyclic amines) is 1. The summed E-state index contributed by atoms with van der Waals surface area (Å²) in [6.45, 7) is -0.317. The van der Waals surface area contributed by atoms with Gasteiger partial charge in [0.2, 0.25) is 59.1 Å². The van der Waals surface area contributed by atoms with Crippen LogP contribution >= 0.6 is 21.6 Å². The van der Waals surface area contributed by atoms with Crippen LogP contribution in [-0.4, -0.2) is 148 Å². The molecule has 414 valence electrons. The number of hydrogen-bond acceptors (Lipinski definition) is 14. The molecule has 24 nitrogen and oxygen atoms in total. The second kappa shape index (κ2) is 30.5. The van der Waals surface area contributed by atoms with E-state index < -0.39 is 114 Å². The van der Waals surface area contributed by atoms with Crippen LogP contribution in [0.3, 0.4) is 0 Å². The summed E-state index contributed by atoms with van der Waals surface area (Å²) in [5.74, 6) is -7.85. The fourth-order valence-corrected chi connectivity index (χ4v) is 11.4. The van der Waals surface area contributed by atoms with Crippen LogP contribution in [0.4, 0.5) is 0 Å². The maximum Gasteiger partial charge on any atom is 0.246 e. The predicted molar refractivity (Wildman–Crippen MR) is 285 cm³/mol. The van der Waals surface area contributed by atoms with E-state index in [-0.39, 0.29) is 87.2 Å². The molecule has 1 aliphatic carbocycles. The summed E-state index contributed by atoms with van der Waals surface area (Å²) in [7, 11) is 2.29. The maximum absolute atomic E-state index is 14.7. The van der Waals surface area contributed by atoms with Gasteiger partial charge in [-0.1, -0.05) is 96.2 Å². The van der Waals surface area contributed by atoms with Crippen LogP contribution in [0.15, 0.2) is 59.6 Å². The number of hydrogen-bond donors (Lipinski definition) is 12. The maximum atomic E-state index is 14.7. The van der Waals surface area contributed by atoms with Crippen LogP contribution < -0.4 is 60.2 Å². The number of nitrogens with two attached hydrogens (primary N) is 4. The Morgan fingerprint density at radius 3 is 1.99 bits per heavy atom. The minimum Gasteiger partial charge on any atom is -0.508 e. The molecule has 3 aliphatic rings. The number of aromatic hydroxyl groups is 1. The highest BCUT2D eigenvalue weighted by atomic mass is 33.1. The van der Waals surface area contributed by atoms with Crippen molar-refractivity contribution in [1.82, 2.24) is 42.1 Å². The summed E-state index contributed by atoms with van der Waals surface area (Å²) >= 11 is 0. The van der Waals surface area contributed by atoms with Crippen LogP contribution in [0.5, 0.6) is 5.75 Å². The third-order valence-electron chi connectivity index (χ3n) is 13.1. The lowest BCUT2D eigenvalue weighted by atomic mass is 9.84. The van der Waals surface area contributed by atoms with Crippen molar-refractivity contribution < 1.29 is 53.1 Å². The van der Waals surface area contributed by atoms with E-state index in [1.165, 1.54) is 27.8 Å². The number of benzene rings is 2. The predicted octanol–water partition coefficient (Wildman–Crippen LogP) is -1.64. The number of rotatable bonds is 18. The molecule has 26 heteroatoms. The number of carbonyl (C=O) groups is 10. The molecule has 0 aromatic heterocycles. The highest BCUT2D eigenvalue weighted by Crippen LogP contribution is 2.29. The van der Waals surface area contributed by atoms with E-state index >= 15 is 0 Å². The molecule has 0 bridgehead atoms. The largest absolute Gasteiger partial charge is 0.508 e. The van der Waals surface area contributed by atoms with Gasteiger partial charge in [0, 0.05) is 43.9 Å². The summed E-state index contributed by atoms with van der Waals surface area (Å²) in [5.41, 5.74) is 23.0. The van der Waals surface area contributed by atoms with Gasteiger partial charge in [-0.15, -0.1) is 0 Å². The standard InChI is InChI=1S/C50H71N13O11S2/c51-40(65)26-37-47(72)62-38(49(74)63-21-8-14-39(63)48(73)58-33(13-7-20-55-50(53)54)43(68)56-27-41(52)66)28-76-75-22-19-42(67)57-34(25-31-15-17-32(64)18-16-31)44(69)59-35(23-29-9-3-1-4-10-29)45(70)60-36(46(71)61-37)24-30-11-5-2-6-12-30/h1,3-4,9-10,15-18,30,33-39,64H,2,5-8,11-14,19-28H2,(H2,51,65)(H2,52,66)(H,56,68)(H,57,67)(H,58,73)(H,59,69)(H,60,70)(H,61,71)(H,62,72)(H4,53,54,55)/t33-,34?,35?,36-,37?,38-,39-/m0/s1. The third kappa shape index (κ3) is 19.9. The molecular weight excluding hydrogens is 1020 g/mol. The number of primary amides is 2. The summed E-state index contributed by atoms with van der Waals surface area (Å²) in [6.07, 6.45) is 4.39. The Labute approximate surface area is 448 Å². The first-order valence-electron chi connectivity index (χ1n) is 25.4. The fraction of sp³-hybridized carbons (Fsp3) is 0.540. The molecule has 2 aromatic rings. The van der Waals surface area contributed by atoms with E-state index in [0.29, 0.717) is 17.5 Å². The first-order chi connectivity index (χ1) is 36.4.